The first-order valence-corrected chi connectivity index (χ1v) is 14.4. The summed E-state index contributed by atoms with van der Waals surface area (Å²) in [6.07, 6.45) is 7.25. The molecular weight excluding hydrogens is 522 g/mol. The predicted molar refractivity (Wildman–Crippen MR) is 153 cm³/mol. The van der Waals surface area contributed by atoms with Gasteiger partial charge in [-0.1, -0.05) is 73.3 Å². The first-order chi connectivity index (χ1) is 18.2. The van der Waals surface area contributed by atoms with Crippen molar-refractivity contribution in [2.45, 2.75) is 38.1 Å². The SMILES string of the molecule is O=C1/C(=C\c2ccc(-c3ccccc3Cl)o2)S/C(=N/c2nc(-c3ccccc3)cs2)N1C1CCCCC1. The van der Waals surface area contributed by atoms with Crippen molar-refractivity contribution in [3.05, 3.63) is 87.8 Å². The molecule has 37 heavy (non-hydrogen) atoms. The lowest BCUT2D eigenvalue weighted by Gasteiger charge is -2.30. The van der Waals surface area contributed by atoms with Crippen LogP contribution in [0.15, 0.2) is 86.4 Å². The third-order valence-electron chi connectivity index (χ3n) is 6.57. The van der Waals surface area contributed by atoms with Gasteiger partial charge in [0.2, 0.25) is 5.13 Å². The van der Waals surface area contributed by atoms with Crippen molar-refractivity contribution in [2.75, 3.05) is 0 Å². The number of carbonyl (C=O) groups excluding carboxylic acids is 1. The Hall–Kier alpha value is -3.13. The molecule has 3 heterocycles. The second-order valence-electron chi connectivity index (χ2n) is 9.04. The molecule has 2 aliphatic rings. The number of thiazole rings is 1. The number of carbonyl (C=O) groups is 1. The standard InChI is InChI=1S/C29H24ClN3O2S2/c30-23-14-8-7-13-22(23)25-16-15-21(35-25)17-26-27(34)33(20-11-5-2-6-12-20)29(37-26)32-28-31-24(18-36-28)19-9-3-1-4-10-19/h1,3-4,7-10,13-18,20H,2,5-6,11-12H2/b26-17+,32-29+. The Bertz CT molecular complexity index is 1490. The minimum atomic E-state index is -0.0221. The lowest BCUT2D eigenvalue weighted by molar-refractivity contribution is -0.124. The Morgan fingerprint density at radius 2 is 1.78 bits per heavy atom. The molecule has 0 atom stereocenters. The van der Waals surface area contributed by atoms with Gasteiger partial charge in [-0.25, -0.2) is 4.98 Å². The number of halogens is 1. The monoisotopic (exact) mass is 545 g/mol. The average Bonchev–Trinajstić information content (AvgIpc) is 3.66. The minimum absolute atomic E-state index is 0.0221. The summed E-state index contributed by atoms with van der Waals surface area (Å²) in [6, 6.07) is 21.5. The van der Waals surface area contributed by atoms with Gasteiger partial charge in [-0.15, -0.1) is 11.3 Å². The van der Waals surface area contributed by atoms with E-state index < -0.39 is 0 Å². The van der Waals surface area contributed by atoms with Crippen LogP contribution in [0.4, 0.5) is 5.13 Å². The van der Waals surface area contributed by atoms with Crippen LogP contribution in [0.1, 0.15) is 37.9 Å². The van der Waals surface area contributed by atoms with E-state index in [1.165, 1.54) is 29.5 Å². The number of thioether (sulfide) groups is 1. The third kappa shape index (κ3) is 5.17. The zero-order chi connectivity index (χ0) is 25.2. The fraction of sp³-hybridized carbons (Fsp3) is 0.207. The van der Waals surface area contributed by atoms with Gasteiger partial charge in [0.15, 0.2) is 5.17 Å². The number of hydrogen-bond donors (Lipinski definition) is 0. The summed E-state index contributed by atoms with van der Waals surface area (Å²) >= 11 is 9.22. The van der Waals surface area contributed by atoms with Crippen molar-refractivity contribution in [2.24, 2.45) is 4.99 Å². The van der Waals surface area contributed by atoms with E-state index >= 15 is 0 Å². The fourth-order valence-corrected chi connectivity index (χ4v) is 6.73. The number of aliphatic imine (C=N–C) groups is 1. The number of aromatic nitrogens is 1. The van der Waals surface area contributed by atoms with Crippen molar-refractivity contribution in [3.8, 4) is 22.6 Å². The van der Waals surface area contributed by atoms with Gasteiger partial charge in [0.25, 0.3) is 5.91 Å². The van der Waals surface area contributed by atoms with E-state index in [9.17, 15) is 4.79 Å². The molecule has 2 aromatic heterocycles. The molecule has 4 aromatic rings. The van der Waals surface area contributed by atoms with E-state index in [0.717, 1.165) is 42.5 Å². The van der Waals surface area contributed by atoms with Gasteiger partial charge in [0.05, 0.1) is 15.6 Å². The van der Waals surface area contributed by atoms with Crippen LogP contribution in [0, 0.1) is 0 Å². The van der Waals surface area contributed by atoms with E-state index in [2.05, 4.69) is 0 Å². The molecule has 1 saturated carbocycles. The molecule has 1 amide bonds. The molecule has 0 bridgehead atoms. The Kier molecular flexibility index (Phi) is 7.00. The molecule has 186 valence electrons. The van der Waals surface area contributed by atoms with Gasteiger partial charge < -0.3 is 4.42 Å². The third-order valence-corrected chi connectivity index (χ3v) is 8.62. The van der Waals surface area contributed by atoms with E-state index in [-0.39, 0.29) is 11.9 Å². The molecule has 0 unspecified atom stereocenters. The summed E-state index contributed by atoms with van der Waals surface area (Å²) in [5, 5.41) is 3.97. The van der Waals surface area contributed by atoms with Crippen molar-refractivity contribution in [1.29, 1.82) is 0 Å². The maximum absolute atomic E-state index is 13.6. The molecule has 0 N–H and O–H groups in total. The molecule has 0 spiro atoms. The summed E-state index contributed by atoms with van der Waals surface area (Å²) in [6.45, 7) is 0. The second kappa shape index (κ2) is 10.7. The van der Waals surface area contributed by atoms with Gasteiger partial charge in [0, 0.05) is 28.6 Å². The Balaban J connectivity index is 1.31. The predicted octanol–water partition coefficient (Wildman–Crippen LogP) is 8.66. The highest BCUT2D eigenvalue weighted by molar-refractivity contribution is 8.18. The molecule has 0 radical (unpaired) electrons. The van der Waals surface area contributed by atoms with Gasteiger partial charge in [-0.05, 0) is 48.9 Å². The highest BCUT2D eigenvalue weighted by Crippen LogP contribution is 2.40. The normalized spacial score (nSPS) is 18.8. The molecule has 1 saturated heterocycles. The summed E-state index contributed by atoms with van der Waals surface area (Å²) < 4.78 is 6.05. The van der Waals surface area contributed by atoms with Gasteiger partial charge in [-0.3, -0.25) is 9.69 Å². The Morgan fingerprint density at radius 1 is 1.00 bits per heavy atom. The van der Waals surface area contributed by atoms with Crippen LogP contribution in [-0.2, 0) is 4.79 Å². The summed E-state index contributed by atoms with van der Waals surface area (Å²) in [5.74, 6) is 1.25. The van der Waals surface area contributed by atoms with Crippen molar-refractivity contribution in [3.63, 3.8) is 0 Å². The zero-order valence-corrected chi connectivity index (χ0v) is 22.4. The number of furan rings is 1. The lowest BCUT2D eigenvalue weighted by Crippen LogP contribution is -2.40. The molecule has 6 rings (SSSR count). The molecule has 1 aliphatic heterocycles. The summed E-state index contributed by atoms with van der Waals surface area (Å²) in [7, 11) is 0. The van der Waals surface area contributed by atoms with Crippen molar-refractivity contribution >= 4 is 57.0 Å². The van der Waals surface area contributed by atoms with E-state index in [4.69, 9.17) is 26.0 Å². The minimum Gasteiger partial charge on any atom is -0.457 e. The number of hydrogen-bond acceptors (Lipinski definition) is 6. The molecule has 1 aliphatic carbocycles. The number of benzene rings is 2. The van der Waals surface area contributed by atoms with Crippen LogP contribution in [0.5, 0.6) is 0 Å². The number of amides is 1. The van der Waals surface area contributed by atoms with E-state index in [0.29, 0.717) is 31.7 Å². The Labute approximate surface area is 228 Å². The summed E-state index contributed by atoms with van der Waals surface area (Å²) in [4.78, 5) is 25.7. The quantitative estimate of drug-likeness (QED) is 0.235. The maximum atomic E-state index is 13.6. The maximum Gasteiger partial charge on any atom is 0.267 e. The number of amidine groups is 1. The van der Waals surface area contributed by atoms with Crippen LogP contribution >= 0.6 is 34.7 Å². The molecular formula is C29H24ClN3O2S2. The lowest BCUT2D eigenvalue weighted by atomic mass is 9.94. The van der Waals surface area contributed by atoms with E-state index in [1.54, 1.807) is 0 Å². The van der Waals surface area contributed by atoms with Crippen LogP contribution in [0.2, 0.25) is 5.02 Å². The summed E-state index contributed by atoms with van der Waals surface area (Å²) in [5.41, 5.74) is 2.77. The average molecular weight is 546 g/mol. The van der Waals surface area contributed by atoms with Crippen LogP contribution in [0.25, 0.3) is 28.7 Å². The highest BCUT2D eigenvalue weighted by atomic mass is 35.5. The van der Waals surface area contributed by atoms with Gasteiger partial charge >= 0.3 is 0 Å². The molecule has 2 fully saturated rings. The first kappa shape index (κ1) is 24.2. The van der Waals surface area contributed by atoms with Gasteiger partial charge in [-0.2, -0.15) is 4.99 Å². The molecule has 2 aromatic carbocycles. The van der Waals surface area contributed by atoms with E-state index in [1.807, 2.05) is 83.1 Å². The van der Waals surface area contributed by atoms with Gasteiger partial charge in [0.1, 0.15) is 11.5 Å². The van der Waals surface area contributed by atoms with Crippen LogP contribution < -0.4 is 0 Å². The van der Waals surface area contributed by atoms with Crippen LogP contribution in [0.3, 0.4) is 0 Å². The number of nitrogens with zero attached hydrogens (tertiary/aromatic N) is 3. The number of rotatable bonds is 5. The van der Waals surface area contributed by atoms with Crippen molar-refractivity contribution in [1.82, 2.24) is 9.88 Å². The highest BCUT2D eigenvalue weighted by Gasteiger charge is 2.39. The Morgan fingerprint density at radius 3 is 2.59 bits per heavy atom. The fourth-order valence-electron chi connectivity index (χ4n) is 4.73. The largest absolute Gasteiger partial charge is 0.457 e. The second-order valence-corrected chi connectivity index (χ2v) is 11.3. The smallest absolute Gasteiger partial charge is 0.267 e. The topological polar surface area (TPSA) is 58.7 Å². The first-order valence-electron chi connectivity index (χ1n) is 12.3. The van der Waals surface area contributed by atoms with Crippen molar-refractivity contribution < 1.29 is 9.21 Å². The van der Waals surface area contributed by atoms with Crippen LogP contribution in [-0.4, -0.2) is 27.0 Å². The zero-order valence-electron chi connectivity index (χ0n) is 20.0. The molecule has 5 nitrogen and oxygen atoms in total. The molecule has 8 heteroatoms.